The van der Waals surface area contributed by atoms with Gasteiger partial charge in [0, 0.05) is 18.8 Å². The van der Waals surface area contributed by atoms with E-state index in [0.29, 0.717) is 13.1 Å². The third kappa shape index (κ3) is 3.36. The molecule has 0 saturated carbocycles. The van der Waals surface area contributed by atoms with Gasteiger partial charge in [-0.3, -0.25) is 4.68 Å². The van der Waals surface area contributed by atoms with Gasteiger partial charge in [0.05, 0.1) is 13.1 Å². The quantitative estimate of drug-likeness (QED) is 0.846. The summed E-state index contributed by atoms with van der Waals surface area (Å²) in [7, 11) is 1.85. The zero-order valence-corrected chi connectivity index (χ0v) is 11.3. The first-order valence-corrected chi connectivity index (χ1v) is 5.91. The molecule has 0 spiro atoms. The molecule has 2 aromatic heterocycles. The second-order valence-corrected chi connectivity index (χ2v) is 5.32. The highest BCUT2D eigenvalue weighted by molar-refractivity contribution is 4.96. The van der Waals surface area contributed by atoms with Crippen molar-refractivity contribution < 1.29 is 0 Å². The number of hydrogen-bond donors (Lipinski definition) is 1. The van der Waals surface area contributed by atoms with Gasteiger partial charge < -0.3 is 5.32 Å². The van der Waals surface area contributed by atoms with Crippen LogP contribution in [0.2, 0.25) is 0 Å². The summed E-state index contributed by atoms with van der Waals surface area (Å²) in [6, 6.07) is 0. The first-order chi connectivity index (χ1) is 8.44. The molecule has 7 nitrogen and oxygen atoms in total. The molecule has 0 aliphatic carbocycles. The van der Waals surface area contributed by atoms with E-state index in [1.807, 2.05) is 17.9 Å². The Hall–Kier alpha value is -1.76. The fourth-order valence-electron chi connectivity index (χ4n) is 1.52. The first kappa shape index (κ1) is 12.7. The van der Waals surface area contributed by atoms with Gasteiger partial charge in [0.1, 0.15) is 17.8 Å². The summed E-state index contributed by atoms with van der Waals surface area (Å²) >= 11 is 0. The van der Waals surface area contributed by atoms with Gasteiger partial charge in [-0.15, -0.1) is 5.10 Å². The lowest BCUT2D eigenvalue weighted by Gasteiger charge is -2.20. The summed E-state index contributed by atoms with van der Waals surface area (Å²) in [5, 5.41) is 15.5. The molecule has 0 fully saturated rings. The molecule has 18 heavy (non-hydrogen) atoms. The molecule has 0 unspecified atom stereocenters. The maximum absolute atomic E-state index is 4.26. The second kappa shape index (κ2) is 4.85. The van der Waals surface area contributed by atoms with Crippen molar-refractivity contribution in [2.45, 2.75) is 39.4 Å². The Labute approximate surface area is 106 Å². The van der Waals surface area contributed by atoms with Gasteiger partial charge in [-0.2, -0.15) is 5.10 Å². The van der Waals surface area contributed by atoms with Crippen LogP contribution in [0.1, 0.15) is 32.3 Å². The molecule has 7 heteroatoms. The van der Waals surface area contributed by atoms with Crippen LogP contribution >= 0.6 is 0 Å². The fraction of sp³-hybridized carbons (Fsp3) is 0.636. The van der Waals surface area contributed by atoms with E-state index in [2.05, 4.69) is 46.5 Å². The molecule has 2 heterocycles. The molecular formula is C11H19N7. The van der Waals surface area contributed by atoms with Crippen molar-refractivity contribution in [3.8, 4) is 0 Å². The van der Waals surface area contributed by atoms with E-state index in [-0.39, 0.29) is 5.54 Å². The summed E-state index contributed by atoms with van der Waals surface area (Å²) < 4.78 is 3.52. The Morgan fingerprint density at radius 3 is 2.72 bits per heavy atom. The van der Waals surface area contributed by atoms with Crippen LogP contribution in [0.4, 0.5) is 0 Å². The van der Waals surface area contributed by atoms with Crippen LogP contribution in [-0.2, 0) is 20.1 Å². The lowest BCUT2D eigenvalue weighted by molar-refractivity contribution is 0.410. The highest BCUT2D eigenvalue weighted by Gasteiger charge is 2.12. The Morgan fingerprint density at radius 2 is 2.11 bits per heavy atom. The molecule has 1 N–H and O–H groups in total. The highest BCUT2D eigenvalue weighted by atomic mass is 15.4. The molecule has 0 aliphatic heterocycles. The molecule has 2 aromatic rings. The first-order valence-electron chi connectivity index (χ1n) is 5.91. The zero-order valence-electron chi connectivity index (χ0n) is 11.3. The normalized spacial score (nSPS) is 12.0. The van der Waals surface area contributed by atoms with Gasteiger partial charge in [0.25, 0.3) is 0 Å². The average molecular weight is 249 g/mol. The molecule has 0 bridgehead atoms. The van der Waals surface area contributed by atoms with Crippen LogP contribution in [0, 0.1) is 0 Å². The van der Waals surface area contributed by atoms with Gasteiger partial charge in [-0.1, -0.05) is 5.21 Å². The van der Waals surface area contributed by atoms with E-state index >= 15 is 0 Å². The molecule has 0 amide bonds. The van der Waals surface area contributed by atoms with Crippen LogP contribution in [0.5, 0.6) is 0 Å². The third-order valence-electron chi connectivity index (χ3n) is 2.43. The van der Waals surface area contributed by atoms with Crippen LogP contribution in [0.25, 0.3) is 0 Å². The predicted molar refractivity (Wildman–Crippen MR) is 66.7 cm³/mol. The van der Waals surface area contributed by atoms with Crippen molar-refractivity contribution in [3.05, 3.63) is 24.0 Å². The minimum atomic E-state index is 0.0589. The van der Waals surface area contributed by atoms with Gasteiger partial charge >= 0.3 is 0 Å². The summed E-state index contributed by atoms with van der Waals surface area (Å²) in [6.07, 6.45) is 3.44. The summed E-state index contributed by atoms with van der Waals surface area (Å²) in [4.78, 5) is 4.26. The number of aromatic nitrogens is 6. The lowest BCUT2D eigenvalue weighted by atomic mass is 10.1. The summed E-state index contributed by atoms with van der Waals surface area (Å²) in [5.41, 5.74) is 0.934. The number of nitrogens with zero attached hydrogens (tertiary/aromatic N) is 6. The monoisotopic (exact) mass is 249 g/mol. The molecule has 0 aromatic carbocycles. The predicted octanol–water partition coefficient (Wildman–Crippen LogP) is 0.343. The van der Waals surface area contributed by atoms with Crippen molar-refractivity contribution in [1.82, 2.24) is 35.1 Å². The highest BCUT2D eigenvalue weighted by Crippen LogP contribution is 2.03. The second-order valence-electron chi connectivity index (χ2n) is 5.32. The Balaban J connectivity index is 2.03. The largest absolute Gasteiger partial charge is 0.305 e. The van der Waals surface area contributed by atoms with Crippen molar-refractivity contribution in [2.75, 3.05) is 0 Å². The van der Waals surface area contributed by atoms with Gasteiger partial charge in [0.15, 0.2) is 0 Å². The van der Waals surface area contributed by atoms with Gasteiger partial charge in [-0.05, 0) is 20.8 Å². The SMILES string of the molecule is Cn1cc(Cn2ncnc2CNC(C)(C)C)nn1. The van der Waals surface area contributed by atoms with E-state index < -0.39 is 0 Å². The van der Waals surface area contributed by atoms with Gasteiger partial charge in [-0.25, -0.2) is 9.67 Å². The van der Waals surface area contributed by atoms with Crippen LogP contribution in [0.3, 0.4) is 0 Å². The minimum absolute atomic E-state index is 0.0589. The Kier molecular flexibility index (Phi) is 3.42. The average Bonchev–Trinajstić information content (AvgIpc) is 2.85. The van der Waals surface area contributed by atoms with Crippen molar-refractivity contribution in [2.24, 2.45) is 7.05 Å². The van der Waals surface area contributed by atoms with E-state index in [4.69, 9.17) is 0 Å². The van der Waals surface area contributed by atoms with Crippen LogP contribution in [0.15, 0.2) is 12.5 Å². The van der Waals surface area contributed by atoms with E-state index in [9.17, 15) is 0 Å². The van der Waals surface area contributed by atoms with E-state index in [1.165, 1.54) is 0 Å². The molecule has 0 aliphatic rings. The summed E-state index contributed by atoms with van der Waals surface area (Å²) in [5.74, 6) is 0.899. The van der Waals surface area contributed by atoms with Crippen molar-refractivity contribution >= 4 is 0 Å². The Morgan fingerprint density at radius 1 is 1.33 bits per heavy atom. The van der Waals surface area contributed by atoms with Crippen molar-refractivity contribution in [1.29, 1.82) is 0 Å². The maximum Gasteiger partial charge on any atom is 0.141 e. The van der Waals surface area contributed by atoms with Crippen LogP contribution in [-0.4, -0.2) is 35.3 Å². The standard InChI is InChI=1S/C11H19N7/c1-11(2,3)13-5-10-12-8-14-18(10)7-9-6-17(4)16-15-9/h6,8,13H,5,7H2,1-4H3. The van der Waals surface area contributed by atoms with Crippen molar-refractivity contribution in [3.63, 3.8) is 0 Å². The van der Waals surface area contributed by atoms with E-state index in [0.717, 1.165) is 11.5 Å². The van der Waals surface area contributed by atoms with Gasteiger partial charge in [0.2, 0.25) is 0 Å². The molecule has 0 radical (unpaired) electrons. The molecule has 98 valence electrons. The maximum atomic E-state index is 4.26. The number of aryl methyl sites for hydroxylation is 1. The molecule has 2 rings (SSSR count). The zero-order chi connectivity index (χ0) is 13.2. The third-order valence-corrected chi connectivity index (χ3v) is 2.43. The molecule has 0 atom stereocenters. The lowest BCUT2D eigenvalue weighted by Crippen LogP contribution is -2.36. The minimum Gasteiger partial charge on any atom is -0.305 e. The number of hydrogen-bond acceptors (Lipinski definition) is 5. The topological polar surface area (TPSA) is 73.5 Å². The fourth-order valence-corrected chi connectivity index (χ4v) is 1.52. The van der Waals surface area contributed by atoms with E-state index in [1.54, 1.807) is 11.0 Å². The smallest absolute Gasteiger partial charge is 0.141 e. The Bertz CT molecular complexity index is 505. The molecule has 0 saturated heterocycles. The molecular weight excluding hydrogens is 230 g/mol. The van der Waals surface area contributed by atoms with Crippen LogP contribution < -0.4 is 5.32 Å². The number of rotatable bonds is 4. The summed E-state index contributed by atoms with van der Waals surface area (Å²) in [6.45, 7) is 7.64. The number of nitrogens with one attached hydrogen (secondary N) is 1.